The van der Waals surface area contributed by atoms with Gasteiger partial charge >= 0.3 is 0 Å². The summed E-state index contributed by atoms with van der Waals surface area (Å²) >= 11 is 0. The van der Waals surface area contributed by atoms with Crippen LogP contribution < -0.4 is 0 Å². The van der Waals surface area contributed by atoms with Gasteiger partial charge in [0.2, 0.25) is 0 Å². The zero-order valence-electron chi connectivity index (χ0n) is 8.38. The van der Waals surface area contributed by atoms with E-state index in [4.69, 9.17) is 10.6 Å². The lowest BCUT2D eigenvalue weighted by molar-refractivity contribution is 0.222. The van der Waals surface area contributed by atoms with Crippen molar-refractivity contribution in [2.24, 2.45) is 0 Å². The minimum Gasteiger partial charge on any atom is -0.261 e. The van der Waals surface area contributed by atoms with Gasteiger partial charge in [0.05, 0.1) is 6.26 Å². The standard InChI is InChI=1S/C11H12O3S/c1-3-7-11(14-15(2,12)13)10-8-5-4-6-9-10/h1,4-6,8-9,11H,7H2,2H3. The number of hydrogen-bond acceptors (Lipinski definition) is 3. The molecule has 0 heterocycles. The van der Waals surface area contributed by atoms with Gasteiger partial charge in [-0.05, 0) is 5.56 Å². The molecule has 0 fully saturated rings. The highest BCUT2D eigenvalue weighted by atomic mass is 32.2. The number of benzene rings is 1. The second-order valence-electron chi connectivity index (χ2n) is 3.11. The van der Waals surface area contributed by atoms with Gasteiger partial charge in [0, 0.05) is 6.42 Å². The Morgan fingerprint density at radius 3 is 2.47 bits per heavy atom. The molecule has 3 nitrogen and oxygen atoms in total. The maximum Gasteiger partial charge on any atom is 0.265 e. The molecule has 0 saturated heterocycles. The maximum atomic E-state index is 11.0. The molecule has 1 aromatic rings. The molecule has 0 amide bonds. The van der Waals surface area contributed by atoms with Crippen LogP contribution in [0.25, 0.3) is 0 Å². The summed E-state index contributed by atoms with van der Waals surface area (Å²) in [5.41, 5.74) is 0.765. The van der Waals surface area contributed by atoms with Crippen molar-refractivity contribution in [3.63, 3.8) is 0 Å². The first-order valence-corrected chi connectivity index (χ1v) is 6.21. The van der Waals surface area contributed by atoms with E-state index in [1.165, 1.54) is 0 Å². The van der Waals surface area contributed by atoms with Crippen LogP contribution in [0, 0.1) is 12.3 Å². The minimum atomic E-state index is -3.49. The molecule has 1 rings (SSSR count). The molecule has 1 atom stereocenters. The molecule has 80 valence electrons. The third kappa shape index (κ3) is 4.15. The Hall–Kier alpha value is -1.31. The minimum absolute atomic E-state index is 0.233. The molecule has 1 unspecified atom stereocenters. The van der Waals surface area contributed by atoms with Gasteiger partial charge in [-0.1, -0.05) is 30.3 Å². The van der Waals surface area contributed by atoms with Crippen molar-refractivity contribution in [3.05, 3.63) is 35.9 Å². The maximum absolute atomic E-state index is 11.0. The summed E-state index contributed by atoms with van der Waals surface area (Å²) in [5.74, 6) is 2.40. The van der Waals surface area contributed by atoms with Gasteiger partial charge in [0.25, 0.3) is 10.1 Å². The van der Waals surface area contributed by atoms with Crippen molar-refractivity contribution < 1.29 is 12.6 Å². The number of rotatable bonds is 4. The number of terminal acetylenes is 1. The van der Waals surface area contributed by atoms with E-state index in [1.54, 1.807) is 12.1 Å². The summed E-state index contributed by atoms with van der Waals surface area (Å²) in [7, 11) is -3.49. The van der Waals surface area contributed by atoms with E-state index in [0.29, 0.717) is 0 Å². The predicted octanol–water partition coefficient (Wildman–Crippen LogP) is 1.73. The van der Waals surface area contributed by atoms with Crippen molar-refractivity contribution in [2.75, 3.05) is 6.26 Å². The van der Waals surface area contributed by atoms with Gasteiger partial charge in [-0.15, -0.1) is 12.3 Å². The lowest BCUT2D eigenvalue weighted by Crippen LogP contribution is -2.09. The van der Waals surface area contributed by atoms with Crippen LogP contribution in [0.3, 0.4) is 0 Å². The van der Waals surface area contributed by atoms with Crippen LogP contribution >= 0.6 is 0 Å². The fraction of sp³-hybridized carbons (Fsp3) is 0.273. The van der Waals surface area contributed by atoms with E-state index in [9.17, 15) is 8.42 Å². The van der Waals surface area contributed by atoms with E-state index in [1.807, 2.05) is 18.2 Å². The van der Waals surface area contributed by atoms with Crippen molar-refractivity contribution in [1.82, 2.24) is 0 Å². The van der Waals surface area contributed by atoms with Gasteiger partial charge in [-0.25, -0.2) is 0 Å². The lowest BCUT2D eigenvalue weighted by Gasteiger charge is -2.13. The Labute approximate surface area is 90.2 Å². The van der Waals surface area contributed by atoms with E-state index < -0.39 is 16.2 Å². The van der Waals surface area contributed by atoms with E-state index in [2.05, 4.69) is 5.92 Å². The van der Waals surface area contributed by atoms with Crippen LogP contribution in [0.4, 0.5) is 0 Å². The Balaban J connectivity index is 2.90. The second kappa shape index (κ2) is 4.96. The number of hydrogen-bond donors (Lipinski definition) is 0. The highest BCUT2D eigenvalue weighted by molar-refractivity contribution is 7.86. The molecular weight excluding hydrogens is 212 g/mol. The van der Waals surface area contributed by atoms with Crippen LogP contribution in [0.2, 0.25) is 0 Å². The van der Waals surface area contributed by atoms with Crippen molar-refractivity contribution >= 4 is 10.1 Å². The first kappa shape index (κ1) is 11.8. The third-order valence-corrected chi connectivity index (χ3v) is 2.35. The highest BCUT2D eigenvalue weighted by Crippen LogP contribution is 2.22. The summed E-state index contributed by atoms with van der Waals surface area (Å²) in [5, 5.41) is 0. The summed E-state index contributed by atoms with van der Waals surface area (Å²) < 4.78 is 26.9. The average Bonchev–Trinajstić information content (AvgIpc) is 2.17. The van der Waals surface area contributed by atoms with Crippen LogP contribution in [0.15, 0.2) is 30.3 Å². The fourth-order valence-electron chi connectivity index (χ4n) is 1.19. The van der Waals surface area contributed by atoms with Crippen molar-refractivity contribution in [3.8, 4) is 12.3 Å². The van der Waals surface area contributed by atoms with Gasteiger partial charge in [0.15, 0.2) is 0 Å². The van der Waals surface area contributed by atoms with Crippen LogP contribution in [0.1, 0.15) is 18.1 Å². The Morgan fingerprint density at radius 1 is 1.40 bits per heavy atom. The van der Waals surface area contributed by atoms with E-state index >= 15 is 0 Å². The Bertz CT molecular complexity index is 442. The first-order valence-electron chi connectivity index (χ1n) is 4.39. The molecule has 0 radical (unpaired) electrons. The molecule has 0 saturated carbocycles. The normalized spacial score (nSPS) is 13.1. The lowest BCUT2D eigenvalue weighted by atomic mass is 10.1. The molecule has 0 aliphatic carbocycles. The summed E-state index contributed by atoms with van der Waals surface area (Å²) in [6.07, 6.45) is 5.82. The van der Waals surface area contributed by atoms with Crippen LogP contribution in [0.5, 0.6) is 0 Å². The molecule has 0 N–H and O–H groups in total. The molecule has 0 aromatic heterocycles. The third-order valence-electron chi connectivity index (χ3n) is 1.77. The summed E-state index contributed by atoms with van der Waals surface area (Å²) in [4.78, 5) is 0. The quantitative estimate of drug-likeness (QED) is 0.578. The Kier molecular flexibility index (Phi) is 3.89. The second-order valence-corrected chi connectivity index (χ2v) is 4.71. The molecule has 15 heavy (non-hydrogen) atoms. The first-order chi connectivity index (χ1) is 7.03. The van der Waals surface area contributed by atoms with E-state index in [-0.39, 0.29) is 6.42 Å². The van der Waals surface area contributed by atoms with Crippen LogP contribution in [-0.4, -0.2) is 14.7 Å². The Morgan fingerprint density at radius 2 is 2.00 bits per heavy atom. The van der Waals surface area contributed by atoms with Crippen molar-refractivity contribution in [2.45, 2.75) is 12.5 Å². The highest BCUT2D eigenvalue weighted by Gasteiger charge is 2.16. The monoisotopic (exact) mass is 224 g/mol. The van der Waals surface area contributed by atoms with Gasteiger partial charge < -0.3 is 0 Å². The molecule has 4 heteroatoms. The molecule has 0 aliphatic heterocycles. The largest absolute Gasteiger partial charge is 0.265 e. The average molecular weight is 224 g/mol. The molecular formula is C11H12O3S. The predicted molar refractivity (Wildman–Crippen MR) is 58.6 cm³/mol. The smallest absolute Gasteiger partial charge is 0.261 e. The van der Waals surface area contributed by atoms with E-state index in [0.717, 1.165) is 11.8 Å². The molecule has 0 bridgehead atoms. The molecule has 0 spiro atoms. The van der Waals surface area contributed by atoms with Crippen molar-refractivity contribution in [1.29, 1.82) is 0 Å². The van der Waals surface area contributed by atoms with Gasteiger partial charge in [0.1, 0.15) is 6.10 Å². The fourth-order valence-corrected chi connectivity index (χ4v) is 1.79. The van der Waals surface area contributed by atoms with Gasteiger partial charge in [-0.3, -0.25) is 4.18 Å². The summed E-state index contributed by atoms with van der Waals surface area (Å²) in [6.45, 7) is 0. The zero-order chi connectivity index (χ0) is 11.3. The SMILES string of the molecule is C#CCC(OS(C)(=O)=O)c1ccccc1. The van der Waals surface area contributed by atoms with Crippen LogP contribution in [-0.2, 0) is 14.3 Å². The topological polar surface area (TPSA) is 43.4 Å². The zero-order valence-corrected chi connectivity index (χ0v) is 9.20. The van der Waals surface area contributed by atoms with Gasteiger partial charge in [-0.2, -0.15) is 8.42 Å². The molecule has 1 aromatic carbocycles. The summed E-state index contributed by atoms with van der Waals surface area (Å²) in [6, 6.07) is 9.03. The molecule has 0 aliphatic rings.